The van der Waals surface area contributed by atoms with Crippen LogP contribution in [0.5, 0.6) is 0 Å². The van der Waals surface area contributed by atoms with Crippen LogP contribution in [0.4, 0.5) is 0 Å². The van der Waals surface area contributed by atoms with Crippen molar-refractivity contribution in [1.29, 1.82) is 0 Å². The van der Waals surface area contributed by atoms with Crippen molar-refractivity contribution in [2.45, 2.75) is 20.8 Å². The van der Waals surface area contributed by atoms with Crippen LogP contribution >= 0.6 is 447 Å². The lowest BCUT2D eigenvalue weighted by atomic mass is 8.82. The zero-order chi connectivity index (χ0) is 49.0. The van der Waals surface area contributed by atoms with Gasteiger partial charge in [-0.3, -0.25) is 14.4 Å². The maximum Gasteiger partial charge on any atom is 0.284 e. The molecule has 4 radical (unpaired) electrons. The Morgan fingerprint density at radius 3 is 0.774 bits per heavy atom. The first-order valence-corrected chi connectivity index (χ1v) is 42.7. The van der Waals surface area contributed by atoms with Gasteiger partial charge in [0.1, 0.15) is 8.70 Å². The molecular weight excluding hydrogens is 3040 g/mol. The second-order valence-corrected chi connectivity index (χ2v) is 42.0. The van der Waals surface area contributed by atoms with Crippen molar-refractivity contribution in [3.63, 3.8) is 0 Å². The van der Waals surface area contributed by atoms with E-state index in [1.807, 2.05) is 9.62 Å². The first kappa shape index (κ1) is 76.5. The molecule has 2 N–H and O–H groups in total. The molecule has 0 aliphatic heterocycles. The molecule has 0 saturated heterocycles. The molecule has 0 aliphatic rings. The summed E-state index contributed by atoms with van der Waals surface area (Å²) in [5.74, 6) is -0.0504. The molecule has 0 unspecified atom stereocenters. The second kappa shape index (κ2) is 39.9. The van der Waals surface area contributed by atoms with Gasteiger partial charge < -0.3 is 24.6 Å². The molecule has 3 amide bonds. The quantitative estimate of drug-likeness (QED) is 0.0655. The van der Waals surface area contributed by atoms with E-state index in [4.69, 9.17) is 15.5 Å². The number of aliphatic hydroxyl groups is 2. The molecule has 316 valence electrons. The van der Waals surface area contributed by atoms with Crippen LogP contribution in [-0.2, 0) is 14.4 Å². The van der Waals surface area contributed by atoms with Crippen molar-refractivity contribution in [2.75, 3.05) is 26.3 Å². The van der Waals surface area contributed by atoms with Gasteiger partial charge >= 0.3 is 0 Å². The fraction of sp³-hybridized carbons (Fsp3) is 0.700. The average Bonchev–Trinajstić information content (AvgIpc) is 3.21. The fourth-order valence-corrected chi connectivity index (χ4v) is 35.5. The molecule has 0 fully saturated rings. The van der Waals surface area contributed by atoms with E-state index in [1.54, 1.807) is 20.8 Å². The Morgan fingerprint density at radius 2 is 0.581 bits per heavy atom. The van der Waals surface area contributed by atoms with E-state index < -0.39 is 0 Å². The van der Waals surface area contributed by atoms with Crippen LogP contribution in [0, 0.1) is 0 Å². The minimum absolute atomic E-state index is 0.0366. The van der Waals surface area contributed by atoms with Gasteiger partial charge in [-0.05, 0) is 0 Å². The highest BCUT2D eigenvalue weighted by molar-refractivity contribution is 14.2. The van der Waals surface area contributed by atoms with Gasteiger partial charge in [-0.25, -0.2) is 0 Å². The van der Waals surface area contributed by atoms with Crippen LogP contribution in [0.3, 0.4) is 0 Å². The topological polar surface area (TPSA) is 101 Å². The number of carbonyl (C=O) groups is 3. The lowest BCUT2D eigenvalue weighted by molar-refractivity contribution is -0.125. The van der Waals surface area contributed by atoms with Gasteiger partial charge in [0.15, 0.2) is 66.8 Å². The first-order valence-electron chi connectivity index (χ1n) is 17.8. The predicted molar refractivity (Wildman–Crippen MR) is 480 cm³/mol. The summed E-state index contributed by atoms with van der Waals surface area (Å²) in [6.07, 6.45) is 0. The SMILES string of the molecule is [B]B(I)B(I)B(I)B(I)B(B(I)B(I)B(I)B(I)B(I)B(I)N(B(I)B(I)B(I)B(I)B(I)B(I)B(B(I)B(I)B(I)B([B])I)N(CCO)C(C)=O)C(C)=O)N(CCO)C(C)=O. The zero-order valence-electron chi connectivity index (χ0n) is 32.2. The highest BCUT2D eigenvalue weighted by Crippen LogP contribution is 2.34. The number of carbonyl (C=O) groups excluding carboxylic acids is 3. The van der Waals surface area contributed by atoms with Gasteiger partial charge in [-0.1, -0.05) is 0 Å². The van der Waals surface area contributed by atoms with Crippen molar-refractivity contribution in [3.05, 3.63) is 0 Å². The van der Waals surface area contributed by atoms with E-state index in [1.165, 1.54) is 0 Å². The van der Waals surface area contributed by atoms with E-state index in [0.717, 1.165) is 0 Å². The summed E-state index contributed by atoms with van der Waals surface area (Å²) >= 11 is 50.1. The van der Waals surface area contributed by atoms with Crippen molar-refractivity contribution < 1.29 is 24.6 Å². The molecule has 0 aromatic rings. The van der Waals surface area contributed by atoms with Gasteiger partial charge in [0.05, 0.1) is 13.2 Å². The monoisotopic (exact) mass is 3060 g/mol. The molecule has 0 aromatic carbocycles. The third-order valence-corrected chi connectivity index (χ3v) is 60.0. The van der Waals surface area contributed by atoms with Crippen LogP contribution in [-0.4, -0.2) is 185 Å². The standard InChI is InChI=1S/C10H19B24I20N3O5/c1-8(60)55(4-6-58)31(25(47)17(39)15(37)13(11)35)27(49)21(43)19(41)23(45)29(51)33(53)57(10(3)62)34(54)30(52)24(46)20(42)22(44)28(50)32(56(5-7-59)9(2)61)26(48)18(40)16(38)14(12)36/h58-59H,4-7H2,1-3H3. The Bertz CT molecular complexity index is 1300. The lowest BCUT2D eigenvalue weighted by Crippen LogP contribution is -2.71. The average molecular weight is 3060 g/mol. The number of nitrogens with zero attached hydrogens (tertiary/aromatic N) is 3. The molecule has 0 atom stereocenters. The Kier molecular flexibility index (Phi) is 49.2. The van der Waals surface area contributed by atoms with Gasteiger partial charge in [-0.2, -0.15) is 403 Å². The molecule has 0 bridgehead atoms. The maximum absolute atomic E-state index is 13.7. The van der Waals surface area contributed by atoms with Crippen LogP contribution in [0.15, 0.2) is 0 Å². The van der Waals surface area contributed by atoms with Crippen LogP contribution in [0.25, 0.3) is 0 Å². The Hall–Kier alpha value is 14.5. The molecule has 0 spiro atoms. The third-order valence-electron chi connectivity index (χ3n) is 9.20. The van der Waals surface area contributed by atoms with E-state index in [9.17, 15) is 24.6 Å². The Labute approximate surface area is 649 Å². The Balaban J connectivity index is 6.63. The predicted octanol–water partition coefficient (Wildman–Crippen LogP) is 6.92. The molecule has 8 nitrogen and oxygen atoms in total. The van der Waals surface area contributed by atoms with E-state index in [-0.39, 0.29) is 145 Å². The smallest absolute Gasteiger partial charge is 0.284 e. The molecule has 0 heterocycles. The van der Waals surface area contributed by atoms with E-state index in [2.05, 4.69) is 452 Å². The van der Waals surface area contributed by atoms with Gasteiger partial charge in [0.25, 0.3) is 9.19 Å². The fourth-order valence-electron chi connectivity index (χ4n) is 5.89. The molecule has 0 saturated carbocycles. The number of hydrogen-bond donors (Lipinski definition) is 2. The minimum atomic E-state index is -0.127. The second-order valence-electron chi connectivity index (χ2n) is 13.5. The summed E-state index contributed by atoms with van der Waals surface area (Å²) in [7, 11) is 12.7. The van der Waals surface area contributed by atoms with E-state index >= 15 is 0 Å². The summed E-state index contributed by atoms with van der Waals surface area (Å²) < 4.78 is 4.15. The van der Waals surface area contributed by atoms with Crippen molar-refractivity contribution in [2.24, 2.45) is 0 Å². The zero-order valence-corrected chi connectivity index (χ0v) is 75.4. The molecule has 0 aliphatic carbocycles. The molecule has 62 heavy (non-hydrogen) atoms. The number of aliphatic hydroxyl groups excluding tert-OH is 2. The summed E-state index contributed by atoms with van der Waals surface area (Å²) in [6, 6.07) is 0. The largest absolute Gasteiger partial charge is 0.425 e. The third kappa shape index (κ3) is 24.4. The van der Waals surface area contributed by atoms with Crippen molar-refractivity contribution in [3.8, 4) is 0 Å². The first-order chi connectivity index (χ1) is 28.4. The summed E-state index contributed by atoms with van der Waals surface area (Å²) in [6.45, 7) is 4.96. The minimum Gasteiger partial charge on any atom is -0.425 e. The normalized spacial score (nSPS) is 10.3. The number of rotatable bonds is 28. The summed E-state index contributed by atoms with van der Waals surface area (Å²) in [5, 5.41) is 20.1. The highest BCUT2D eigenvalue weighted by Gasteiger charge is 2.58. The van der Waals surface area contributed by atoms with Crippen molar-refractivity contribution in [1.82, 2.24) is 14.3 Å². The van der Waals surface area contributed by atoms with Gasteiger partial charge in [0.2, 0.25) is 33.8 Å². The number of halogens is 20. The maximum atomic E-state index is 13.7. The molecule has 0 aromatic heterocycles. The van der Waals surface area contributed by atoms with Crippen LogP contribution in [0.1, 0.15) is 20.8 Å². The molecule has 52 heteroatoms. The number of hydrogen-bond acceptors (Lipinski definition) is 5. The summed E-state index contributed by atoms with van der Waals surface area (Å²) in [4.78, 5) is 43.8. The van der Waals surface area contributed by atoms with Crippen LogP contribution in [0.2, 0.25) is 0 Å². The number of amides is 3. The van der Waals surface area contributed by atoms with Gasteiger partial charge in [-0.15, -0.1) is 44.7 Å². The lowest BCUT2D eigenvalue weighted by Gasteiger charge is -2.38. The highest BCUT2D eigenvalue weighted by atomic mass is 127. The summed E-state index contributed by atoms with van der Waals surface area (Å²) in [5.41, 5.74) is 0. The van der Waals surface area contributed by atoms with E-state index in [0.29, 0.717) is 0 Å². The van der Waals surface area contributed by atoms with Crippen LogP contribution < -0.4 is 0 Å². The van der Waals surface area contributed by atoms with Crippen molar-refractivity contribution >= 4 is 581 Å². The molecule has 0 rings (SSSR count). The van der Waals surface area contributed by atoms with Gasteiger partial charge in [0, 0.05) is 49.3 Å². The Morgan fingerprint density at radius 1 is 0.371 bits per heavy atom. The molecular formula is C10H19B24I20N3O5.